The molecule has 0 aliphatic carbocycles. The van der Waals surface area contributed by atoms with Gasteiger partial charge in [0.25, 0.3) is 5.91 Å². The molecule has 1 aromatic carbocycles. The van der Waals surface area contributed by atoms with Crippen molar-refractivity contribution in [1.82, 2.24) is 9.21 Å². The zero-order valence-corrected chi connectivity index (χ0v) is 17.2. The molecule has 0 radical (unpaired) electrons. The zero-order valence-electron chi connectivity index (χ0n) is 15.6. The quantitative estimate of drug-likeness (QED) is 0.797. The van der Waals surface area contributed by atoms with Gasteiger partial charge in [0.15, 0.2) is 0 Å². The van der Waals surface area contributed by atoms with Gasteiger partial charge in [-0.2, -0.15) is 4.31 Å². The third-order valence-electron chi connectivity index (χ3n) is 4.43. The van der Waals surface area contributed by atoms with E-state index in [4.69, 9.17) is 10.5 Å². The molecule has 2 rings (SSSR count). The van der Waals surface area contributed by atoms with E-state index >= 15 is 0 Å². The van der Waals surface area contributed by atoms with Gasteiger partial charge < -0.3 is 15.4 Å². The fourth-order valence-corrected chi connectivity index (χ4v) is 4.46. The fraction of sp³-hybridized carbons (Fsp3) is 0.588. The summed E-state index contributed by atoms with van der Waals surface area (Å²) in [5, 5.41) is 0. The van der Waals surface area contributed by atoms with Crippen LogP contribution in [0.5, 0.6) is 0 Å². The Morgan fingerprint density at radius 3 is 2.46 bits per heavy atom. The second-order valence-electron chi connectivity index (χ2n) is 6.61. The van der Waals surface area contributed by atoms with E-state index in [2.05, 4.69) is 0 Å². The minimum atomic E-state index is -3.68. The van der Waals surface area contributed by atoms with E-state index in [0.717, 1.165) is 0 Å². The van der Waals surface area contributed by atoms with Crippen LogP contribution >= 0.6 is 12.4 Å². The lowest BCUT2D eigenvalue weighted by molar-refractivity contribution is -0.0440. The normalized spacial score (nSPS) is 22.3. The molecule has 1 aliphatic heterocycles. The van der Waals surface area contributed by atoms with Crippen molar-refractivity contribution >= 4 is 28.3 Å². The predicted octanol–water partition coefficient (Wildman–Crippen LogP) is 1.33. The van der Waals surface area contributed by atoms with Gasteiger partial charge in [0.1, 0.15) is 0 Å². The molecule has 7 nitrogen and oxygen atoms in total. The number of halogens is 1. The van der Waals surface area contributed by atoms with Crippen molar-refractivity contribution in [3.8, 4) is 0 Å². The SMILES string of the molecule is CC1CN(S(=O)(=O)c2cccc(C(=O)N(C)C(C)CN)c2)CC(C)O1.Cl. The monoisotopic (exact) mass is 405 g/mol. The Balaban J connectivity index is 0.00000338. The minimum Gasteiger partial charge on any atom is -0.373 e. The average Bonchev–Trinajstić information content (AvgIpc) is 2.59. The number of sulfonamides is 1. The molecule has 1 fully saturated rings. The summed E-state index contributed by atoms with van der Waals surface area (Å²) in [6.45, 7) is 6.48. The summed E-state index contributed by atoms with van der Waals surface area (Å²) in [7, 11) is -2.02. The van der Waals surface area contributed by atoms with Crippen LogP contribution in [-0.2, 0) is 14.8 Å². The van der Waals surface area contributed by atoms with E-state index in [-0.39, 0.29) is 41.5 Å². The Bertz CT molecular complexity index is 718. The summed E-state index contributed by atoms with van der Waals surface area (Å²) in [4.78, 5) is 14.2. The zero-order chi connectivity index (χ0) is 18.8. The molecule has 26 heavy (non-hydrogen) atoms. The van der Waals surface area contributed by atoms with Gasteiger partial charge in [-0.1, -0.05) is 6.07 Å². The lowest BCUT2D eigenvalue weighted by atomic mass is 10.2. The van der Waals surface area contributed by atoms with Crippen LogP contribution in [0, 0.1) is 0 Å². The van der Waals surface area contributed by atoms with E-state index < -0.39 is 10.0 Å². The largest absolute Gasteiger partial charge is 0.373 e. The van der Waals surface area contributed by atoms with Crippen molar-refractivity contribution < 1.29 is 17.9 Å². The first kappa shape index (κ1) is 22.9. The summed E-state index contributed by atoms with van der Waals surface area (Å²) < 4.78 is 32.9. The number of hydrogen-bond donors (Lipinski definition) is 1. The van der Waals surface area contributed by atoms with Gasteiger partial charge in [-0.05, 0) is 39.0 Å². The molecule has 1 heterocycles. The number of hydrogen-bond acceptors (Lipinski definition) is 5. The van der Waals surface area contributed by atoms with Crippen LogP contribution in [0.25, 0.3) is 0 Å². The number of likely N-dealkylation sites (N-methyl/N-ethyl adjacent to an activating group) is 1. The number of amides is 1. The van der Waals surface area contributed by atoms with Crippen LogP contribution in [-0.4, -0.2) is 68.5 Å². The average molecular weight is 406 g/mol. The minimum absolute atomic E-state index is 0. The Kier molecular flexibility index (Phi) is 8.04. The van der Waals surface area contributed by atoms with Crippen LogP contribution in [0.15, 0.2) is 29.2 Å². The fourth-order valence-electron chi connectivity index (χ4n) is 2.83. The molecule has 0 saturated carbocycles. The third-order valence-corrected chi connectivity index (χ3v) is 6.26. The van der Waals surface area contributed by atoms with E-state index in [1.54, 1.807) is 19.2 Å². The second kappa shape index (κ2) is 9.14. The molecule has 1 saturated heterocycles. The summed E-state index contributed by atoms with van der Waals surface area (Å²) >= 11 is 0. The van der Waals surface area contributed by atoms with E-state index in [9.17, 15) is 13.2 Å². The van der Waals surface area contributed by atoms with E-state index in [0.29, 0.717) is 25.2 Å². The number of ether oxygens (including phenoxy) is 1. The summed E-state index contributed by atoms with van der Waals surface area (Å²) in [5.74, 6) is -0.251. The Morgan fingerprint density at radius 1 is 1.35 bits per heavy atom. The highest BCUT2D eigenvalue weighted by Gasteiger charge is 2.32. The number of nitrogens with zero attached hydrogens (tertiary/aromatic N) is 2. The van der Waals surface area contributed by atoms with Crippen LogP contribution in [0.2, 0.25) is 0 Å². The number of benzene rings is 1. The summed E-state index contributed by atoms with van der Waals surface area (Å²) in [6.07, 6.45) is -0.334. The number of carbonyl (C=O) groups is 1. The predicted molar refractivity (Wildman–Crippen MR) is 103 cm³/mol. The van der Waals surface area contributed by atoms with Crippen molar-refractivity contribution in [3.05, 3.63) is 29.8 Å². The first-order valence-corrected chi connectivity index (χ1v) is 9.83. The maximum atomic E-state index is 12.9. The maximum absolute atomic E-state index is 12.9. The standard InChI is InChI=1S/C17H27N3O4S.ClH/c1-12(9-18)19(4)17(21)15-6-5-7-16(8-15)25(22,23)20-10-13(2)24-14(3)11-20;/h5-8,12-14H,9-11,18H2,1-4H3;1H. The second-order valence-corrected chi connectivity index (χ2v) is 8.55. The number of rotatable bonds is 5. The van der Waals surface area contributed by atoms with Gasteiger partial charge >= 0.3 is 0 Å². The van der Waals surface area contributed by atoms with Crippen molar-refractivity contribution in [2.75, 3.05) is 26.7 Å². The van der Waals surface area contributed by atoms with E-state index in [1.165, 1.54) is 21.3 Å². The first-order chi connectivity index (χ1) is 11.7. The van der Waals surface area contributed by atoms with Crippen LogP contribution in [0.4, 0.5) is 0 Å². The molecule has 3 unspecified atom stereocenters. The van der Waals surface area contributed by atoms with Crippen molar-refractivity contribution in [2.24, 2.45) is 5.73 Å². The summed E-state index contributed by atoms with van der Waals surface area (Å²) in [6, 6.07) is 6.03. The molecular weight excluding hydrogens is 378 g/mol. The number of morpholine rings is 1. The highest BCUT2D eigenvalue weighted by atomic mass is 35.5. The molecule has 2 N–H and O–H groups in total. The molecule has 0 bridgehead atoms. The third kappa shape index (κ3) is 4.95. The van der Waals surface area contributed by atoms with Crippen molar-refractivity contribution in [3.63, 3.8) is 0 Å². The molecule has 1 aromatic rings. The Morgan fingerprint density at radius 2 is 1.92 bits per heavy atom. The molecule has 1 amide bonds. The maximum Gasteiger partial charge on any atom is 0.253 e. The van der Waals surface area contributed by atoms with Crippen LogP contribution < -0.4 is 5.73 Å². The van der Waals surface area contributed by atoms with Crippen LogP contribution in [0.1, 0.15) is 31.1 Å². The van der Waals surface area contributed by atoms with Gasteiger partial charge in [0.2, 0.25) is 10.0 Å². The lowest BCUT2D eigenvalue weighted by Gasteiger charge is -2.34. The van der Waals surface area contributed by atoms with Gasteiger partial charge in [0, 0.05) is 38.3 Å². The molecular formula is C17H28ClN3O4S. The highest BCUT2D eigenvalue weighted by molar-refractivity contribution is 7.89. The summed E-state index contributed by atoms with van der Waals surface area (Å²) in [5.41, 5.74) is 5.93. The Hall–Kier alpha value is -1.19. The van der Waals surface area contributed by atoms with E-state index in [1.807, 2.05) is 20.8 Å². The molecule has 1 aliphatic rings. The highest BCUT2D eigenvalue weighted by Crippen LogP contribution is 2.22. The molecule has 9 heteroatoms. The number of nitrogens with two attached hydrogens (primary N) is 1. The van der Waals surface area contributed by atoms with Gasteiger partial charge in [-0.15, -0.1) is 12.4 Å². The number of carbonyl (C=O) groups excluding carboxylic acids is 1. The van der Waals surface area contributed by atoms with Crippen LogP contribution in [0.3, 0.4) is 0 Å². The van der Waals surface area contributed by atoms with Gasteiger partial charge in [-0.25, -0.2) is 8.42 Å². The lowest BCUT2D eigenvalue weighted by Crippen LogP contribution is -2.48. The Labute approximate surface area is 161 Å². The first-order valence-electron chi connectivity index (χ1n) is 8.39. The smallest absolute Gasteiger partial charge is 0.253 e. The molecule has 0 aromatic heterocycles. The molecule has 148 valence electrons. The van der Waals surface area contributed by atoms with Gasteiger partial charge in [0.05, 0.1) is 17.1 Å². The molecule has 0 spiro atoms. The van der Waals surface area contributed by atoms with Gasteiger partial charge in [-0.3, -0.25) is 4.79 Å². The topological polar surface area (TPSA) is 92.9 Å². The van der Waals surface area contributed by atoms with Crippen molar-refractivity contribution in [1.29, 1.82) is 0 Å². The van der Waals surface area contributed by atoms with Crippen molar-refractivity contribution in [2.45, 2.75) is 43.9 Å². The molecule has 3 atom stereocenters.